The molecule has 2 unspecified atom stereocenters. The van der Waals surface area contributed by atoms with E-state index in [-0.39, 0.29) is 23.9 Å². The number of carbonyl (C=O) groups is 2. The zero-order chi connectivity index (χ0) is 19.0. The highest BCUT2D eigenvalue weighted by atomic mass is 32.1. The molecule has 3 heterocycles. The summed E-state index contributed by atoms with van der Waals surface area (Å²) < 4.78 is 5.41. The summed E-state index contributed by atoms with van der Waals surface area (Å²) >= 11 is 1.61. The van der Waals surface area contributed by atoms with Crippen LogP contribution in [0.15, 0.2) is 35.7 Å². The monoisotopic (exact) mass is 384 g/mol. The highest BCUT2D eigenvalue weighted by molar-refractivity contribution is 7.10. The fourth-order valence-corrected chi connectivity index (χ4v) is 4.94. The van der Waals surface area contributed by atoms with E-state index in [0.717, 1.165) is 23.3 Å². The zero-order valence-corrected chi connectivity index (χ0v) is 16.5. The standard InChI is InChI=1S/C21H24N2O3S/c1-14-5-8-19(26-2)18(10-14)21(25)23-15-6-7-16(23)13-22(12-15)20(24)11-17-4-3-9-27-17/h3-5,8-10,15-16H,6-7,11-13H2,1-2H3. The minimum absolute atomic E-state index is 0.0217. The van der Waals surface area contributed by atoms with Gasteiger partial charge in [0, 0.05) is 18.0 Å². The Bertz CT molecular complexity index is 835. The van der Waals surface area contributed by atoms with E-state index in [1.807, 2.05) is 52.4 Å². The lowest BCUT2D eigenvalue weighted by Crippen LogP contribution is -2.57. The molecule has 6 heteroatoms. The molecule has 2 aliphatic rings. The number of piperazine rings is 1. The first-order valence-electron chi connectivity index (χ1n) is 9.34. The Morgan fingerprint density at radius 2 is 1.93 bits per heavy atom. The second-order valence-electron chi connectivity index (χ2n) is 7.36. The molecule has 2 aliphatic heterocycles. The molecule has 5 nitrogen and oxygen atoms in total. The highest BCUT2D eigenvalue weighted by Gasteiger charge is 2.44. The largest absolute Gasteiger partial charge is 0.496 e. The van der Waals surface area contributed by atoms with Gasteiger partial charge in [0.15, 0.2) is 0 Å². The maximum atomic E-state index is 13.3. The number of amides is 2. The highest BCUT2D eigenvalue weighted by Crippen LogP contribution is 2.34. The molecule has 2 fully saturated rings. The minimum Gasteiger partial charge on any atom is -0.496 e. The van der Waals surface area contributed by atoms with Crippen molar-refractivity contribution >= 4 is 23.2 Å². The van der Waals surface area contributed by atoms with E-state index in [0.29, 0.717) is 30.8 Å². The zero-order valence-electron chi connectivity index (χ0n) is 15.7. The van der Waals surface area contributed by atoms with Gasteiger partial charge in [0.1, 0.15) is 5.75 Å². The van der Waals surface area contributed by atoms with Crippen LogP contribution in [0.2, 0.25) is 0 Å². The number of nitrogens with zero attached hydrogens (tertiary/aromatic N) is 2. The van der Waals surface area contributed by atoms with Crippen LogP contribution in [0.1, 0.15) is 33.6 Å². The first-order valence-corrected chi connectivity index (χ1v) is 10.2. The van der Waals surface area contributed by atoms with Gasteiger partial charge >= 0.3 is 0 Å². The Hall–Kier alpha value is -2.34. The topological polar surface area (TPSA) is 49.9 Å². The number of rotatable bonds is 4. The molecule has 2 bridgehead atoms. The third-order valence-corrected chi connectivity index (χ3v) is 6.44. The number of carbonyl (C=O) groups excluding carboxylic acids is 2. The molecule has 0 spiro atoms. The van der Waals surface area contributed by atoms with Crippen molar-refractivity contribution in [3.8, 4) is 5.75 Å². The van der Waals surface area contributed by atoms with E-state index < -0.39 is 0 Å². The smallest absolute Gasteiger partial charge is 0.258 e. The summed E-state index contributed by atoms with van der Waals surface area (Å²) in [6, 6.07) is 9.86. The van der Waals surface area contributed by atoms with Gasteiger partial charge in [-0.2, -0.15) is 0 Å². The van der Waals surface area contributed by atoms with Crippen molar-refractivity contribution < 1.29 is 14.3 Å². The number of hydrogen-bond acceptors (Lipinski definition) is 4. The molecule has 1 aromatic heterocycles. The van der Waals surface area contributed by atoms with Gasteiger partial charge in [0.2, 0.25) is 5.91 Å². The molecule has 142 valence electrons. The lowest BCUT2D eigenvalue weighted by atomic mass is 10.1. The molecule has 2 saturated heterocycles. The van der Waals surface area contributed by atoms with Crippen LogP contribution in [0.25, 0.3) is 0 Å². The Balaban J connectivity index is 1.50. The van der Waals surface area contributed by atoms with E-state index in [4.69, 9.17) is 4.74 Å². The lowest BCUT2D eigenvalue weighted by molar-refractivity contribution is -0.133. The fourth-order valence-electron chi connectivity index (χ4n) is 4.24. The number of likely N-dealkylation sites (tertiary alicyclic amines) is 1. The van der Waals surface area contributed by atoms with Gasteiger partial charge in [-0.1, -0.05) is 17.7 Å². The molecule has 27 heavy (non-hydrogen) atoms. The summed E-state index contributed by atoms with van der Waals surface area (Å²) in [6.07, 6.45) is 2.36. The van der Waals surface area contributed by atoms with Crippen LogP contribution in [-0.2, 0) is 11.2 Å². The van der Waals surface area contributed by atoms with Crippen molar-refractivity contribution in [1.29, 1.82) is 0 Å². The molecule has 0 N–H and O–H groups in total. The van der Waals surface area contributed by atoms with E-state index in [9.17, 15) is 9.59 Å². The number of hydrogen-bond donors (Lipinski definition) is 0. The van der Waals surface area contributed by atoms with Crippen LogP contribution in [-0.4, -0.2) is 53.9 Å². The Morgan fingerprint density at radius 3 is 2.56 bits per heavy atom. The maximum Gasteiger partial charge on any atom is 0.258 e. The Kier molecular flexibility index (Phi) is 4.91. The molecule has 4 rings (SSSR count). The fraction of sp³-hybridized carbons (Fsp3) is 0.429. The van der Waals surface area contributed by atoms with Crippen molar-refractivity contribution in [1.82, 2.24) is 9.80 Å². The SMILES string of the molecule is COc1ccc(C)cc1C(=O)N1C2CCC1CN(C(=O)Cc1cccs1)C2. The minimum atomic E-state index is 0.0217. The second kappa shape index (κ2) is 7.35. The number of fused-ring (bicyclic) bond motifs is 2. The number of benzene rings is 1. The maximum absolute atomic E-state index is 13.3. The summed E-state index contributed by atoms with van der Waals surface area (Å²) in [4.78, 5) is 31.0. The van der Waals surface area contributed by atoms with E-state index in [1.54, 1.807) is 18.4 Å². The van der Waals surface area contributed by atoms with Crippen LogP contribution in [0.5, 0.6) is 5.75 Å². The number of ether oxygens (including phenoxy) is 1. The molecule has 0 saturated carbocycles. The Morgan fingerprint density at radius 1 is 1.19 bits per heavy atom. The van der Waals surface area contributed by atoms with Gasteiger partial charge < -0.3 is 14.5 Å². The van der Waals surface area contributed by atoms with Crippen molar-refractivity contribution in [2.75, 3.05) is 20.2 Å². The summed E-state index contributed by atoms with van der Waals surface area (Å²) in [5.74, 6) is 0.796. The summed E-state index contributed by atoms with van der Waals surface area (Å²) in [5.41, 5.74) is 1.66. The Labute approximate surface area is 163 Å². The van der Waals surface area contributed by atoms with Gasteiger partial charge in [-0.15, -0.1) is 11.3 Å². The van der Waals surface area contributed by atoms with Crippen LogP contribution < -0.4 is 4.74 Å². The van der Waals surface area contributed by atoms with E-state index in [1.165, 1.54) is 0 Å². The van der Waals surface area contributed by atoms with Gasteiger partial charge in [-0.3, -0.25) is 9.59 Å². The third-order valence-electron chi connectivity index (χ3n) is 5.56. The molecular formula is C21H24N2O3S. The summed E-state index contributed by atoms with van der Waals surface area (Å²) in [7, 11) is 1.59. The van der Waals surface area contributed by atoms with Gasteiger partial charge in [0.05, 0.1) is 31.2 Å². The van der Waals surface area contributed by atoms with Gasteiger partial charge in [0.25, 0.3) is 5.91 Å². The predicted octanol–water partition coefficient (Wildman–Crippen LogP) is 3.12. The van der Waals surface area contributed by atoms with Gasteiger partial charge in [-0.05, 0) is 43.3 Å². The van der Waals surface area contributed by atoms with Crippen LogP contribution >= 0.6 is 11.3 Å². The van der Waals surface area contributed by atoms with Crippen molar-refractivity contribution in [3.05, 3.63) is 51.7 Å². The molecule has 2 atom stereocenters. The van der Waals surface area contributed by atoms with Crippen LogP contribution in [0.4, 0.5) is 0 Å². The molecule has 2 amide bonds. The number of aryl methyl sites for hydroxylation is 1. The average molecular weight is 385 g/mol. The molecule has 0 radical (unpaired) electrons. The molecule has 2 aromatic rings. The van der Waals surface area contributed by atoms with Crippen molar-refractivity contribution in [2.45, 2.75) is 38.3 Å². The first kappa shape index (κ1) is 18.0. The van der Waals surface area contributed by atoms with E-state index in [2.05, 4.69) is 0 Å². The average Bonchev–Trinajstić information content (AvgIpc) is 3.26. The third kappa shape index (κ3) is 3.46. The summed E-state index contributed by atoms with van der Waals surface area (Å²) in [6.45, 7) is 3.23. The quantitative estimate of drug-likeness (QED) is 0.814. The van der Waals surface area contributed by atoms with Gasteiger partial charge in [-0.25, -0.2) is 0 Å². The van der Waals surface area contributed by atoms with Crippen LogP contribution in [0, 0.1) is 6.92 Å². The van der Waals surface area contributed by atoms with Crippen molar-refractivity contribution in [3.63, 3.8) is 0 Å². The van der Waals surface area contributed by atoms with Crippen LogP contribution in [0.3, 0.4) is 0 Å². The van der Waals surface area contributed by atoms with Crippen molar-refractivity contribution in [2.24, 2.45) is 0 Å². The van der Waals surface area contributed by atoms with E-state index >= 15 is 0 Å². The predicted molar refractivity (Wildman–Crippen MR) is 105 cm³/mol. The molecule has 0 aliphatic carbocycles. The number of methoxy groups -OCH3 is 1. The summed E-state index contributed by atoms with van der Waals surface area (Å²) in [5, 5.41) is 2.00. The second-order valence-corrected chi connectivity index (χ2v) is 8.39. The number of thiophene rings is 1. The molecule has 1 aromatic carbocycles. The first-order chi connectivity index (χ1) is 13.1. The normalized spacial score (nSPS) is 21.4. The lowest BCUT2D eigenvalue weighted by Gasteiger charge is -2.41. The molecular weight excluding hydrogens is 360 g/mol.